The largest absolute Gasteiger partial charge is 0.481 e. The Morgan fingerprint density at radius 3 is 1.60 bits per heavy atom. The Bertz CT molecular complexity index is 355. The van der Waals surface area contributed by atoms with Gasteiger partial charge in [0.2, 0.25) is 0 Å². The van der Waals surface area contributed by atoms with Gasteiger partial charge in [0.15, 0.2) is 6.10 Å². The molecule has 0 heterocycles. The summed E-state index contributed by atoms with van der Waals surface area (Å²) >= 11 is 0. The van der Waals surface area contributed by atoms with Gasteiger partial charge in [-0.2, -0.15) is 0 Å². The maximum atomic E-state index is 10.9. The molecule has 10 heteroatoms. The van der Waals surface area contributed by atoms with E-state index in [1.54, 1.807) is 0 Å². The Hall–Kier alpha value is -2.65. The summed E-state index contributed by atoms with van der Waals surface area (Å²) in [6, 6.07) is 0. The summed E-state index contributed by atoms with van der Waals surface area (Å²) in [6.45, 7) is -1.03. The summed E-state index contributed by atoms with van der Waals surface area (Å²) in [4.78, 5) is 52.4. The number of rotatable bonds is 10. The summed E-state index contributed by atoms with van der Waals surface area (Å²) in [5.74, 6) is -4.91. The van der Waals surface area contributed by atoms with Crippen LogP contribution in [-0.4, -0.2) is 59.9 Å². The average molecular weight is 292 g/mol. The quantitative estimate of drug-likeness (QED) is 0.212. The fourth-order valence-electron chi connectivity index (χ4n) is 0.926. The molecule has 0 spiro atoms. The van der Waals surface area contributed by atoms with Crippen LogP contribution in [0.5, 0.6) is 0 Å². The van der Waals surface area contributed by atoms with E-state index < -0.39 is 56.0 Å². The molecule has 0 rings (SSSR count). The summed E-state index contributed by atoms with van der Waals surface area (Å²) in [5, 5.41) is 16.6. The highest BCUT2D eigenvalue weighted by Gasteiger charge is 2.18. The minimum absolute atomic E-state index is 0.0146. The number of hydrogen-bond acceptors (Lipinski definition) is 8. The fraction of sp³-hybridized carbons (Fsp3) is 0.500. The van der Waals surface area contributed by atoms with E-state index in [-0.39, 0.29) is 6.47 Å². The summed E-state index contributed by atoms with van der Waals surface area (Å²) in [5.41, 5.74) is 0. The third-order valence-electron chi connectivity index (χ3n) is 1.70. The third-order valence-corrected chi connectivity index (χ3v) is 1.70. The summed E-state index contributed by atoms with van der Waals surface area (Å²) in [7, 11) is 0. The predicted molar refractivity (Wildman–Crippen MR) is 57.4 cm³/mol. The molecular weight excluding hydrogens is 280 g/mol. The van der Waals surface area contributed by atoms with Crippen molar-refractivity contribution in [1.82, 2.24) is 0 Å². The van der Waals surface area contributed by atoms with Crippen LogP contribution in [0.15, 0.2) is 0 Å². The predicted octanol–water partition coefficient (Wildman–Crippen LogP) is -1.44. The zero-order valence-corrected chi connectivity index (χ0v) is 10.1. The van der Waals surface area contributed by atoms with Gasteiger partial charge in [0.05, 0.1) is 0 Å². The van der Waals surface area contributed by atoms with Crippen LogP contribution in [0.1, 0.15) is 12.8 Å². The molecule has 10 nitrogen and oxygen atoms in total. The minimum atomic E-state index is -1.39. The third kappa shape index (κ3) is 9.39. The van der Waals surface area contributed by atoms with Gasteiger partial charge in [0.1, 0.15) is 26.1 Å². The van der Waals surface area contributed by atoms with E-state index in [1.165, 1.54) is 0 Å². The minimum Gasteiger partial charge on any atom is -0.481 e. The second kappa shape index (κ2) is 9.30. The van der Waals surface area contributed by atoms with Gasteiger partial charge in [-0.15, -0.1) is 0 Å². The highest BCUT2D eigenvalue weighted by atomic mass is 16.6. The lowest BCUT2D eigenvalue weighted by Gasteiger charge is -2.14. The number of carbonyl (C=O) groups is 5. The SMILES string of the molecule is O=COC(COC(=O)CC(=O)O)COC(=O)CC(=O)O. The second-order valence-corrected chi connectivity index (χ2v) is 3.36. The van der Waals surface area contributed by atoms with Crippen molar-refractivity contribution in [3.05, 3.63) is 0 Å². The van der Waals surface area contributed by atoms with Gasteiger partial charge in [0.25, 0.3) is 6.47 Å². The second-order valence-electron chi connectivity index (χ2n) is 3.36. The van der Waals surface area contributed by atoms with Gasteiger partial charge in [0, 0.05) is 0 Å². The molecule has 0 amide bonds. The number of aliphatic carboxylic acids is 2. The first-order chi connectivity index (χ1) is 9.35. The molecule has 0 aromatic heterocycles. The van der Waals surface area contributed by atoms with Crippen LogP contribution < -0.4 is 0 Å². The van der Waals surface area contributed by atoms with E-state index in [2.05, 4.69) is 14.2 Å². The molecule has 0 aliphatic heterocycles. The summed E-state index contributed by atoms with van der Waals surface area (Å²) < 4.78 is 13.4. The van der Waals surface area contributed by atoms with E-state index >= 15 is 0 Å². The summed E-state index contributed by atoms with van der Waals surface area (Å²) in [6.07, 6.45) is -2.89. The highest BCUT2D eigenvalue weighted by molar-refractivity contribution is 5.90. The van der Waals surface area contributed by atoms with Crippen molar-refractivity contribution >= 4 is 30.3 Å². The van der Waals surface area contributed by atoms with Crippen LogP contribution in [-0.2, 0) is 38.2 Å². The van der Waals surface area contributed by atoms with E-state index in [9.17, 15) is 24.0 Å². The number of ether oxygens (including phenoxy) is 3. The Morgan fingerprint density at radius 1 is 0.900 bits per heavy atom. The van der Waals surface area contributed by atoms with Crippen LogP contribution >= 0.6 is 0 Å². The Morgan fingerprint density at radius 2 is 1.30 bits per heavy atom. The van der Waals surface area contributed by atoms with E-state index in [0.29, 0.717) is 0 Å². The van der Waals surface area contributed by atoms with Crippen LogP contribution in [0.4, 0.5) is 0 Å². The van der Waals surface area contributed by atoms with Crippen LogP contribution in [0.3, 0.4) is 0 Å². The maximum Gasteiger partial charge on any atom is 0.317 e. The lowest BCUT2D eigenvalue weighted by Crippen LogP contribution is -2.29. The first kappa shape index (κ1) is 17.4. The number of carboxylic acids is 2. The first-order valence-electron chi connectivity index (χ1n) is 5.19. The van der Waals surface area contributed by atoms with Gasteiger partial charge < -0.3 is 24.4 Å². The van der Waals surface area contributed by atoms with E-state index in [0.717, 1.165) is 0 Å². The number of esters is 2. The smallest absolute Gasteiger partial charge is 0.317 e. The van der Waals surface area contributed by atoms with Crippen LogP contribution in [0.2, 0.25) is 0 Å². The van der Waals surface area contributed by atoms with Crippen molar-refractivity contribution in [2.45, 2.75) is 18.9 Å². The molecule has 20 heavy (non-hydrogen) atoms. The van der Waals surface area contributed by atoms with Crippen molar-refractivity contribution in [2.24, 2.45) is 0 Å². The highest BCUT2D eigenvalue weighted by Crippen LogP contribution is 1.98. The van der Waals surface area contributed by atoms with Gasteiger partial charge in [-0.05, 0) is 0 Å². The topological polar surface area (TPSA) is 154 Å². The molecule has 0 aliphatic rings. The van der Waals surface area contributed by atoms with Gasteiger partial charge in [-0.3, -0.25) is 24.0 Å². The Labute approximate surface area is 112 Å². The van der Waals surface area contributed by atoms with Crippen molar-refractivity contribution in [2.75, 3.05) is 13.2 Å². The molecule has 0 aromatic carbocycles. The van der Waals surface area contributed by atoms with Crippen molar-refractivity contribution < 1.29 is 48.4 Å². The molecule has 0 radical (unpaired) electrons. The molecule has 0 aromatic rings. The standard InChI is InChI=1S/C10H12O10/c11-5-20-6(3-18-9(16)1-7(12)13)4-19-10(17)2-8(14)15/h5-6H,1-4H2,(H,12,13)(H,14,15). The van der Waals surface area contributed by atoms with E-state index in [4.69, 9.17) is 10.2 Å². The number of carbonyl (C=O) groups excluding carboxylic acids is 3. The van der Waals surface area contributed by atoms with Crippen LogP contribution in [0, 0.1) is 0 Å². The molecule has 112 valence electrons. The first-order valence-corrected chi connectivity index (χ1v) is 5.19. The average Bonchev–Trinajstić information content (AvgIpc) is 2.31. The molecule has 0 bridgehead atoms. The van der Waals surface area contributed by atoms with E-state index in [1.807, 2.05) is 0 Å². The molecule has 0 aliphatic carbocycles. The molecule has 0 unspecified atom stereocenters. The Kier molecular flexibility index (Phi) is 8.07. The normalized spacial score (nSPS) is 9.65. The van der Waals surface area contributed by atoms with Crippen LogP contribution in [0.25, 0.3) is 0 Å². The molecule has 0 fully saturated rings. The lowest BCUT2D eigenvalue weighted by molar-refractivity contribution is -0.162. The zero-order chi connectivity index (χ0) is 15.5. The van der Waals surface area contributed by atoms with Gasteiger partial charge >= 0.3 is 23.9 Å². The zero-order valence-electron chi connectivity index (χ0n) is 10.1. The van der Waals surface area contributed by atoms with Gasteiger partial charge in [-0.1, -0.05) is 0 Å². The van der Waals surface area contributed by atoms with Crippen molar-refractivity contribution in [1.29, 1.82) is 0 Å². The molecule has 0 atom stereocenters. The molecule has 2 N–H and O–H groups in total. The molecule has 0 saturated heterocycles. The number of carboxylic acid groups (broad SMARTS) is 2. The maximum absolute atomic E-state index is 10.9. The number of hydrogen-bond donors (Lipinski definition) is 2. The monoisotopic (exact) mass is 292 g/mol. The van der Waals surface area contributed by atoms with Crippen molar-refractivity contribution in [3.8, 4) is 0 Å². The molecular formula is C10H12O10. The molecule has 0 saturated carbocycles. The Balaban J connectivity index is 4.12. The van der Waals surface area contributed by atoms with Crippen molar-refractivity contribution in [3.63, 3.8) is 0 Å². The van der Waals surface area contributed by atoms with Gasteiger partial charge in [-0.25, -0.2) is 0 Å². The fourth-order valence-corrected chi connectivity index (χ4v) is 0.926. The lowest BCUT2D eigenvalue weighted by atomic mass is 10.4.